The normalized spacial score (nSPS) is 10.6. The van der Waals surface area contributed by atoms with Gasteiger partial charge in [0, 0.05) is 16.6 Å². The van der Waals surface area contributed by atoms with E-state index in [0.717, 1.165) is 21.7 Å². The lowest BCUT2D eigenvalue weighted by molar-refractivity contribution is 0.0780. The molecule has 3 nitrogen and oxygen atoms in total. The van der Waals surface area contributed by atoms with Crippen LogP contribution in [0, 0.1) is 0 Å². The van der Waals surface area contributed by atoms with Gasteiger partial charge in [-0.1, -0.05) is 47.2 Å². The number of carbonyl (C=O) groups is 1. The first-order valence-corrected chi connectivity index (χ1v) is 7.98. The molecule has 0 aromatic heterocycles. The molecule has 5 heteroatoms. The van der Waals surface area contributed by atoms with E-state index in [1.807, 2.05) is 43.3 Å². The van der Waals surface area contributed by atoms with E-state index < -0.39 is 0 Å². The Morgan fingerprint density at radius 1 is 1.24 bits per heavy atom. The molecule has 2 aromatic rings. The lowest BCUT2D eigenvalue weighted by Gasteiger charge is -2.21. The Labute approximate surface area is 138 Å². The summed E-state index contributed by atoms with van der Waals surface area (Å²) >= 11 is 8.37. The fourth-order valence-corrected chi connectivity index (χ4v) is 2.78. The van der Waals surface area contributed by atoms with Gasteiger partial charge in [-0.3, -0.25) is 4.79 Å². The molecular formula is C16H17BrN2OS. The summed E-state index contributed by atoms with van der Waals surface area (Å²) in [5, 5.41) is 2.13. The molecule has 2 aromatic carbocycles. The van der Waals surface area contributed by atoms with Gasteiger partial charge in [-0.25, -0.2) is 0 Å². The van der Waals surface area contributed by atoms with Crippen LogP contribution in [0.3, 0.4) is 0 Å². The zero-order chi connectivity index (χ0) is 15.4. The number of thiocarbonyl (C=S) groups is 1. The van der Waals surface area contributed by atoms with Crippen molar-refractivity contribution < 1.29 is 4.79 Å². The van der Waals surface area contributed by atoms with E-state index in [1.54, 1.807) is 4.90 Å². The first kappa shape index (κ1) is 15.9. The Kier molecular flexibility index (Phi) is 5.31. The number of benzene rings is 2. The van der Waals surface area contributed by atoms with Crippen molar-refractivity contribution in [3.63, 3.8) is 0 Å². The zero-order valence-corrected chi connectivity index (χ0v) is 14.2. The Hall–Kier alpha value is -1.46. The molecule has 0 saturated carbocycles. The van der Waals surface area contributed by atoms with Gasteiger partial charge in [0.05, 0.1) is 11.5 Å². The fourth-order valence-electron chi connectivity index (χ4n) is 2.24. The summed E-state index contributed by atoms with van der Waals surface area (Å²) in [7, 11) is 0. The van der Waals surface area contributed by atoms with Crippen LogP contribution < -0.4 is 5.73 Å². The SMILES string of the molecule is CCCN(CC(N)=S)C(=O)c1ccc2cc(Br)ccc2c1. The first-order chi connectivity index (χ1) is 10.0. The number of rotatable bonds is 5. The minimum atomic E-state index is -0.0329. The van der Waals surface area contributed by atoms with Gasteiger partial charge in [0.1, 0.15) is 0 Å². The van der Waals surface area contributed by atoms with Crippen LogP contribution in [-0.2, 0) is 0 Å². The van der Waals surface area contributed by atoms with E-state index in [1.165, 1.54) is 0 Å². The Balaban J connectivity index is 2.32. The zero-order valence-electron chi connectivity index (χ0n) is 11.8. The molecule has 1 amide bonds. The van der Waals surface area contributed by atoms with Crippen molar-refractivity contribution in [2.24, 2.45) is 5.73 Å². The molecule has 0 bridgehead atoms. The van der Waals surface area contributed by atoms with Crippen molar-refractivity contribution in [1.29, 1.82) is 0 Å². The summed E-state index contributed by atoms with van der Waals surface area (Å²) < 4.78 is 1.02. The van der Waals surface area contributed by atoms with Gasteiger partial charge in [-0.05, 0) is 41.5 Å². The average Bonchev–Trinajstić information content (AvgIpc) is 2.45. The van der Waals surface area contributed by atoms with Gasteiger partial charge >= 0.3 is 0 Å². The number of hydrogen-bond donors (Lipinski definition) is 1. The summed E-state index contributed by atoms with van der Waals surface area (Å²) in [6.45, 7) is 2.99. The van der Waals surface area contributed by atoms with Gasteiger partial charge < -0.3 is 10.6 Å². The molecule has 0 unspecified atom stereocenters. The maximum absolute atomic E-state index is 12.6. The number of fused-ring (bicyclic) bond motifs is 1. The monoisotopic (exact) mass is 364 g/mol. The molecular weight excluding hydrogens is 348 g/mol. The maximum Gasteiger partial charge on any atom is 0.254 e. The quantitative estimate of drug-likeness (QED) is 0.821. The van der Waals surface area contributed by atoms with Crippen molar-refractivity contribution in [2.45, 2.75) is 13.3 Å². The molecule has 0 saturated heterocycles. The third kappa shape index (κ3) is 4.02. The van der Waals surface area contributed by atoms with E-state index >= 15 is 0 Å². The van der Waals surface area contributed by atoms with E-state index in [9.17, 15) is 4.79 Å². The smallest absolute Gasteiger partial charge is 0.254 e. The van der Waals surface area contributed by atoms with Gasteiger partial charge in [-0.2, -0.15) is 0 Å². The van der Waals surface area contributed by atoms with Crippen molar-refractivity contribution in [1.82, 2.24) is 4.90 Å². The minimum Gasteiger partial charge on any atom is -0.392 e. The summed E-state index contributed by atoms with van der Waals surface area (Å²) in [5.41, 5.74) is 6.24. The molecule has 0 aliphatic carbocycles. The molecule has 2 rings (SSSR count). The van der Waals surface area contributed by atoms with Gasteiger partial charge in [0.2, 0.25) is 0 Å². The molecule has 0 spiro atoms. The summed E-state index contributed by atoms with van der Waals surface area (Å²) in [6.07, 6.45) is 0.870. The highest BCUT2D eigenvalue weighted by Gasteiger charge is 2.16. The summed E-state index contributed by atoms with van der Waals surface area (Å²) in [4.78, 5) is 14.6. The minimum absolute atomic E-state index is 0.0329. The number of nitrogens with zero attached hydrogens (tertiary/aromatic N) is 1. The predicted molar refractivity (Wildman–Crippen MR) is 94.6 cm³/mol. The number of halogens is 1. The van der Waals surface area contributed by atoms with E-state index in [2.05, 4.69) is 15.9 Å². The van der Waals surface area contributed by atoms with Crippen LogP contribution in [0.2, 0.25) is 0 Å². The third-order valence-corrected chi connectivity index (χ3v) is 3.80. The van der Waals surface area contributed by atoms with Crippen molar-refractivity contribution in [3.8, 4) is 0 Å². The highest BCUT2D eigenvalue weighted by atomic mass is 79.9. The predicted octanol–water partition coefficient (Wildman–Crippen LogP) is 3.74. The van der Waals surface area contributed by atoms with E-state index in [-0.39, 0.29) is 5.91 Å². The molecule has 0 aliphatic heterocycles. The van der Waals surface area contributed by atoms with Crippen LogP contribution in [0.1, 0.15) is 23.7 Å². The van der Waals surface area contributed by atoms with Crippen LogP contribution in [0.25, 0.3) is 10.8 Å². The Morgan fingerprint density at radius 3 is 2.57 bits per heavy atom. The molecule has 110 valence electrons. The van der Waals surface area contributed by atoms with Crippen LogP contribution in [-0.4, -0.2) is 28.9 Å². The van der Waals surface area contributed by atoms with Crippen molar-refractivity contribution in [3.05, 3.63) is 46.4 Å². The van der Waals surface area contributed by atoms with Gasteiger partial charge in [-0.15, -0.1) is 0 Å². The summed E-state index contributed by atoms with van der Waals surface area (Å²) in [5.74, 6) is -0.0329. The Bertz CT molecular complexity index is 687. The molecule has 0 atom stereocenters. The molecule has 21 heavy (non-hydrogen) atoms. The van der Waals surface area contributed by atoms with Crippen molar-refractivity contribution in [2.75, 3.05) is 13.1 Å². The summed E-state index contributed by atoms with van der Waals surface area (Å²) in [6, 6.07) is 11.7. The number of nitrogens with two attached hydrogens (primary N) is 1. The van der Waals surface area contributed by atoms with Crippen LogP contribution in [0.5, 0.6) is 0 Å². The standard InChI is InChI=1S/C16H17BrN2OS/c1-2-7-19(10-15(18)21)16(20)13-4-3-12-9-14(17)6-5-11(12)8-13/h3-6,8-9H,2,7,10H2,1H3,(H2,18,21). The number of carbonyl (C=O) groups excluding carboxylic acids is 1. The van der Waals surface area contributed by atoms with E-state index in [0.29, 0.717) is 23.6 Å². The number of amides is 1. The second kappa shape index (κ2) is 7.00. The van der Waals surface area contributed by atoms with Crippen LogP contribution in [0.15, 0.2) is 40.9 Å². The van der Waals surface area contributed by atoms with Crippen molar-refractivity contribution >= 4 is 49.8 Å². The van der Waals surface area contributed by atoms with Crippen LogP contribution >= 0.6 is 28.1 Å². The third-order valence-electron chi connectivity index (χ3n) is 3.18. The number of hydrogen-bond acceptors (Lipinski definition) is 2. The average molecular weight is 365 g/mol. The largest absolute Gasteiger partial charge is 0.392 e. The van der Waals surface area contributed by atoms with E-state index in [4.69, 9.17) is 18.0 Å². The molecule has 0 heterocycles. The topological polar surface area (TPSA) is 46.3 Å². The molecule has 0 aliphatic rings. The Morgan fingerprint density at radius 2 is 1.90 bits per heavy atom. The second-order valence-corrected chi connectivity index (χ2v) is 6.34. The van der Waals surface area contributed by atoms with Crippen LogP contribution in [0.4, 0.5) is 0 Å². The maximum atomic E-state index is 12.6. The second-order valence-electron chi connectivity index (χ2n) is 4.90. The highest BCUT2D eigenvalue weighted by Crippen LogP contribution is 2.21. The lowest BCUT2D eigenvalue weighted by atomic mass is 10.1. The fraction of sp³-hybridized carbons (Fsp3) is 0.250. The molecule has 0 fully saturated rings. The molecule has 0 radical (unpaired) electrons. The highest BCUT2D eigenvalue weighted by molar-refractivity contribution is 9.10. The van der Waals surface area contributed by atoms with Gasteiger partial charge in [0.25, 0.3) is 5.91 Å². The van der Waals surface area contributed by atoms with Gasteiger partial charge in [0.15, 0.2) is 0 Å². The first-order valence-electron chi connectivity index (χ1n) is 6.78. The lowest BCUT2D eigenvalue weighted by Crippen LogP contribution is -2.38. The molecule has 2 N–H and O–H groups in total.